The molecule has 2 rings (SSSR count). The Morgan fingerprint density at radius 3 is 2.79 bits per heavy atom. The highest BCUT2D eigenvalue weighted by atomic mass is 16.5. The van der Waals surface area contributed by atoms with Gasteiger partial charge in [0.15, 0.2) is 0 Å². The number of aromatic nitrogens is 2. The summed E-state index contributed by atoms with van der Waals surface area (Å²) in [4.78, 5) is 11.3. The Hall–Kier alpha value is -1.36. The summed E-state index contributed by atoms with van der Waals surface area (Å²) in [5, 5.41) is 3.32. The van der Waals surface area contributed by atoms with E-state index in [1.165, 1.54) is 19.3 Å². The van der Waals surface area contributed by atoms with Gasteiger partial charge in [-0.25, -0.2) is 4.98 Å². The normalized spacial score (nSPS) is 15.6. The monoisotopic (exact) mass is 264 g/mol. The van der Waals surface area contributed by atoms with Gasteiger partial charge in [-0.05, 0) is 13.3 Å². The fourth-order valence-corrected chi connectivity index (χ4v) is 2.16. The highest BCUT2D eigenvalue weighted by Gasteiger charge is 2.13. The molecule has 1 aliphatic rings. The molecule has 106 valence electrons. The number of nitrogens with zero attached hydrogens (tertiary/aromatic N) is 3. The van der Waals surface area contributed by atoms with Crippen LogP contribution in [0, 0.1) is 6.92 Å². The minimum absolute atomic E-state index is 0.748. The molecule has 0 aliphatic carbocycles. The van der Waals surface area contributed by atoms with Crippen LogP contribution in [0.5, 0.6) is 0 Å². The Kier molecular flexibility index (Phi) is 5.39. The van der Waals surface area contributed by atoms with E-state index in [0.29, 0.717) is 0 Å². The molecule has 0 atom stereocenters. The molecule has 0 bridgehead atoms. The summed E-state index contributed by atoms with van der Waals surface area (Å²) < 4.78 is 5.37. The predicted molar refractivity (Wildman–Crippen MR) is 77.8 cm³/mol. The van der Waals surface area contributed by atoms with Crippen molar-refractivity contribution in [3.63, 3.8) is 0 Å². The first-order chi connectivity index (χ1) is 9.29. The number of rotatable bonds is 6. The molecular weight excluding hydrogens is 240 g/mol. The van der Waals surface area contributed by atoms with E-state index < -0.39 is 0 Å². The fraction of sp³-hybridized carbons (Fsp3) is 0.714. The van der Waals surface area contributed by atoms with Gasteiger partial charge >= 0.3 is 0 Å². The van der Waals surface area contributed by atoms with Crippen molar-refractivity contribution in [2.24, 2.45) is 0 Å². The Labute approximate surface area is 115 Å². The number of anilines is 2. The molecule has 1 aromatic heterocycles. The highest BCUT2D eigenvalue weighted by Crippen LogP contribution is 2.16. The SMILES string of the molecule is CCCCCNc1nc(C)cc(N2CCOCC2)n1. The van der Waals surface area contributed by atoms with Crippen molar-refractivity contribution >= 4 is 11.8 Å². The molecule has 1 fully saturated rings. The second-order valence-electron chi connectivity index (χ2n) is 4.92. The molecule has 2 heterocycles. The van der Waals surface area contributed by atoms with Crippen LogP contribution in [0.1, 0.15) is 31.9 Å². The number of nitrogens with one attached hydrogen (secondary N) is 1. The summed E-state index contributed by atoms with van der Waals surface area (Å²) in [5.41, 5.74) is 1.01. The molecule has 1 aliphatic heterocycles. The average molecular weight is 264 g/mol. The minimum atomic E-state index is 0.748. The van der Waals surface area contributed by atoms with E-state index >= 15 is 0 Å². The van der Waals surface area contributed by atoms with Crippen molar-refractivity contribution < 1.29 is 4.74 Å². The zero-order chi connectivity index (χ0) is 13.5. The van der Waals surface area contributed by atoms with Gasteiger partial charge in [-0.3, -0.25) is 0 Å². The van der Waals surface area contributed by atoms with Crippen LogP contribution in [0.25, 0.3) is 0 Å². The Morgan fingerprint density at radius 2 is 2.05 bits per heavy atom. The maximum absolute atomic E-state index is 5.37. The molecule has 19 heavy (non-hydrogen) atoms. The summed E-state index contributed by atoms with van der Waals surface area (Å²) >= 11 is 0. The summed E-state index contributed by atoms with van der Waals surface area (Å²) in [6.45, 7) is 8.55. The van der Waals surface area contributed by atoms with E-state index in [-0.39, 0.29) is 0 Å². The first-order valence-corrected chi connectivity index (χ1v) is 7.22. The van der Waals surface area contributed by atoms with Crippen LogP contribution in [-0.2, 0) is 4.74 Å². The van der Waals surface area contributed by atoms with Gasteiger partial charge in [0.05, 0.1) is 13.2 Å². The molecule has 1 aromatic rings. The lowest BCUT2D eigenvalue weighted by Crippen LogP contribution is -2.37. The number of hydrogen-bond donors (Lipinski definition) is 1. The van der Waals surface area contributed by atoms with Crippen LogP contribution in [0.2, 0.25) is 0 Å². The molecule has 1 saturated heterocycles. The standard InChI is InChI=1S/C14H24N4O/c1-3-4-5-6-15-14-16-12(2)11-13(17-14)18-7-9-19-10-8-18/h11H,3-10H2,1-2H3,(H,15,16,17). The van der Waals surface area contributed by atoms with Crippen molar-refractivity contribution in [2.75, 3.05) is 43.1 Å². The van der Waals surface area contributed by atoms with Gasteiger partial charge in [0.1, 0.15) is 5.82 Å². The molecule has 0 aromatic carbocycles. The van der Waals surface area contributed by atoms with E-state index in [1.807, 2.05) is 13.0 Å². The lowest BCUT2D eigenvalue weighted by molar-refractivity contribution is 0.122. The molecule has 0 unspecified atom stereocenters. The Balaban J connectivity index is 1.97. The molecule has 0 radical (unpaired) electrons. The third kappa shape index (κ3) is 4.35. The van der Waals surface area contributed by atoms with Crippen molar-refractivity contribution in [3.05, 3.63) is 11.8 Å². The van der Waals surface area contributed by atoms with E-state index in [9.17, 15) is 0 Å². The largest absolute Gasteiger partial charge is 0.378 e. The first kappa shape index (κ1) is 14.1. The van der Waals surface area contributed by atoms with Crippen molar-refractivity contribution in [1.29, 1.82) is 0 Å². The third-order valence-corrected chi connectivity index (χ3v) is 3.24. The van der Waals surface area contributed by atoms with Gasteiger partial charge in [0.2, 0.25) is 5.95 Å². The van der Waals surface area contributed by atoms with Gasteiger partial charge in [0, 0.05) is 31.4 Å². The highest BCUT2D eigenvalue weighted by molar-refractivity contribution is 5.45. The number of ether oxygens (including phenoxy) is 1. The van der Waals surface area contributed by atoms with Gasteiger partial charge in [0.25, 0.3) is 0 Å². The first-order valence-electron chi connectivity index (χ1n) is 7.22. The smallest absolute Gasteiger partial charge is 0.224 e. The molecule has 5 heteroatoms. The van der Waals surface area contributed by atoms with Crippen LogP contribution in [0.3, 0.4) is 0 Å². The second kappa shape index (κ2) is 7.28. The van der Waals surface area contributed by atoms with Crippen LogP contribution in [-0.4, -0.2) is 42.8 Å². The molecule has 1 N–H and O–H groups in total. The quantitative estimate of drug-likeness (QED) is 0.798. The summed E-state index contributed by atoms with van der Waals surface area (Å²) in [6, 6.07) is 2.04. The van der Waals surface area contributed by atoms with Crippen molar-refractivity contribution in [2.45, 2.75) is 33.1 Å². The molecule has 0 spiro atoms. The number of aryl methyl sites for hydroxylation is 1. The average Bonchev–Trinajstić information content (AvgIpc) is 2.44. The topological polar surface area (TPSA) is 50.3 Å². The zero-order valence-corrected chi connectivity index (χ0v) is 12.0. The van der Waals surface area contributed by atoms with Crippen LogP contribution < -0.4 is 10.2 Å². The summed E-state index contributed by atoms with van der Waals surface area (Å²) in [5.74, 6) is 1.76. The predicted octanol–water partition coefficient (Wildman–Crippen LogP) is 2.22. The van der Waals surface area contributed by atoms with Gasteiger partial charge in [-0.1, -0.05) is 19.8 Å². The second-order valence-corrected chi connectivity index (χ2v) is 4.92. The number of hydrogen-bond acceptors (Lipinski definition) is 5. The number of unbranched alkanes of at least 4 members (excludes halogenated alkanes) is 2. The molecular formula is C14H24N4O. The maximum atomic E-state index is 5.37. The fourth-order valence-electron chi connectivity index (χ4n) is 2.16. The van der Waals surface area contributed by atoms with E-state index in [0.717, 1.165) is 50.3 Å². The third-order valence-electron chi connectivity index (χ3n) is 3.24. The van der Waals surface area contributed by atoms with Gasteiger partial charge in [-0.15, -0.1) is 0 Å². The van der Waals surface area contributed by atoms with Gasteiger partial charge < -0.3 is 15.0 Å². The molecule has 5 nitrogen and oxygen atoms in total. The van der Waals surface area contributed by atoms with Crippen LogP contribution >= 0.6 is 0 Å². The lowest BCUT2D eigenvalue weighted by Gasteiger charge is -2.28. The van der Waals surface area contributed by atoms with Crippen molar-refractivity contribution in [3.8, 4) is 0 Å². The summed E-state index contributed by atoms with van der Waals surface area (Å²) in [6.07, 6.45) is 3.64. The van der Waals surface area contributed by atoms with Crippen LogP contribution in [0.15, 0.2) is 6.07 Å². The lowest BCUT2D eigenvalue weighted by atomic mass is 10.2. The summed E-state index contributed by atoms with van der Waals surface area (Å²) in [7, 11) is 0. The minimum Gasteiger partial charge on any atom is -0.378 e. The zero-order valence-electron chi connectivity index (χ0n) is 12.0. The van der Waals surface area contributed by atoms with E-state index in [4.69, 9.17) is 4.74 Å². The molecule has 0 saturated carbocycles. The Bertz CT molecular complexity index is 391. The number of morpholine rings is 1. The van der Waals surface area contributed by atoms with Gasteiger partial charge in [-0.2, -0.15) is 4.98 Å². The molecule has 0 amide bonds. The van der Waals surface area contributed by atoms with E-state index in [2.05, 4.69) is 27.1 Å². The van der Waals surface area contributed by atoms with E-state index in [1.54, 1.807) is 0 Å². The Morgan fingerprint density at radius 1 is 1.26 bits per heavy atom. The van der Waals surface area contributed by atoms with Crippen LogP contribution in [0.4, 0.5) is 11.8 Å². The van der Waals surface area contributed by atoms with Crippen molar-refractivity contribution in [1.82, 2.24) is 9.97 Å². The maximum Gasteiger partial charge on any atom is 0.224 e.